The van der Waals surface area contributed by atoms with Crippen LogP contribution in [0.4, 0.5) is 5.82 Å². The zero-order valence-electron chi connectivity index (χ0n) is 12.7. The van der Waals surface area contributed by atoms with Gasteiger partial charge in [-0.2, -0.15) is 0 Å². The molecule has 6 nitrogen and oxygen atoms in total. The van der Waals surface area contributed by atoms with Crippen LogP contribution in [-0.2, 0) is 10.0 Å². The minimum absolute atomic E-state index is 0.153. The Bertz CT molecular complexity index is 529. The molecule has 0 radical (unpaired) electrons. The Kier molecular flexibility index (Phi) is 5.91. The van der Waals surface area contributed by atoms with E-state index in [1.165, 1.54) is 0 Å². The van der Waals surface area contributed by atoms with Gasteiger partial charge < -0.3 is 10.2 Å². The fourth-order valence-electron chi connectivity index (χ4n) is 1.84. The largest absolute Gasteiger partial charge is 0.372 e. The van der Waals surface area contributed by atoms with Crippen LogP contribution in [0.5, 0.6) is 0 Å². The van der Waals surface area contributed by atoms with Crippen molar-refractivity contribution in [3.8, 4) is 0 Å². The summed E-state index contributed by atoms with van der Waals surface area (Å²) < 4.78 is 27.8. The van der Waals surface area contributed by atoms with E-state index in [1.54, 1.807) is 25.4 Å². The summed E-state index contributed by atoms with van der Waals surface area (Å²) >= 11 is 0. The standard InChI is InChI=1S/C13H24N4O2S/c1-10(2)11(9-17(4)5)16-20(18,19)12-7-6-8-15-13(12)14-3/h6-8,10-11,16H,9H2,1-5H3,(H,14,15). The average molecular weight is 300 g/mol. The SMILES string of the molecule is CNc1ncccc1S(=O)(=O)NC(CN(C)C)C(C)C. The van der Waals surface area contributed by atoms with Gasteiger partial charge in [0.1, 0.15) is 10.7 Å². The highest BCUT2D eigenvalue weighted by molar-refractivity contribution is 7.89. The van der Waals surface area contributed by atoms with E-state index in [1.807, 2.05) is 32.8 Å². The third-order valence-corrected chi connectivity index (χ3v) is 4.49. The fraction of sp³-hybridized carbons (Fsp3) is 0.615. The van der Waals surface area contributed by atoms with Gasteiger partial charge in [0.05, 0.1) is 0 Å². The van der Waals surface area contributed by atoms with Crippen molar-refractivity contribution in [1.29, 1.82) is 0 Å². The van der Waals surface area contributed by atoms with E-state index in [2.05, 4.69) is 15.0 Å². The van der Waals surface area contributed by atoms with Crippen LogP contribution in [0, 0.1) is 5.92 Å². The molecule has 0 spiro atoms. The lowest BCUT2D eigenvalue weighted by atomic mass is 10.1. The summed E-state index contributed by atoms with van der Waals surface area (Å²) in [5.41, 5.74) is 0. The van der Waals surface area contributed by atoms with E-state index in [0.29, 0.717) is 12.4 Å². The first kappa shape index (κ1) is 16.9. The first-order chi connectivity index (χ1) is 9.27. The molecular formula is C13H24N4O2S. The van der Waals surface area contributed by atoms with E-state index < -0.39 is 10.0 Å². The molecule has 7 heteroatoms. The molecule has 2 N–H and O–H groups in total. The second kappa shape index (κ2) is 7.01. The van der Waals surface area contributed by atoms with Gasteiger partial charge in [0.2, 0.25) is 10.0 Å². The molecule has 1 aromatic heterocycles. The van der Waals surface area contributed by atoms with Gasteiger partial charge in [0.15, 0.2) is 0 Å². The number of rotatable bonds is 7. The lowest BCUT2D eigenvalue weighted by Gasteiger charge is -2.25. The van der Waals surface area contributed by atoms with Crippen molar-refractivity contribution < 1.29 is 8.42 Å². The van der Waals surface area contributed by atoms with E-state index in [0.717, 1.165) is 0 Å². The Morgan fingerprint density at radius 3 is 2.50 bits per heavy atom. The monoisotopic (exact) mass is 300 g/mol. The number of sulfonamides is 1. The van der Waals surface area contributed by atoms with Crippen molar-refractivity contribution >= 4 is 15.8 Å². The number of nitrogens with zero attached hydrogens (tertiary/aromatic N) is 2. The number of aromatic nitrogens is 1. The highest BCUT2D eigenvalue weighted by atomic mass is 32.2. The van der Waals surface area contributed by atoms with Gasteiger partial charge >= 0.3 is 0 Å². The van der Waals surface area contributed by atoms with Crippen LogP contribution in [0.2, 0.25) is 0 Å². The first-order valence-corrected chi connectivity index (χ1v) is 8.06. The predicted octanol–water partition coefficient (Wildman–Crippen LogP) is 0.988. The predicted molar refractivity (Wildman–Crippen MR) is 81.3 cm³/mol. The van der Waals surface area contributed by atoms with Gasteiger partial charge in [0, 0.05) is 25.8 Å². The van der Waals surface area contributed by atoms with Crippen molar-refractivity contribution in [3.63, 3.8) is 0 Å². The van der Waals surface area contributed by atoms with E-state index >= 15 is 0 Å². The number of hydrogen-bond acceptors (Lipinski definition) is 5. The fourth-order valence-corrected chi connectivity index (χ4v) is 3.37. The highest BCUT2D eigenvalue weighted by Crippen LogP contribution is 2.18. The maximum atomic E-state index is 12.5. The van der Waals surface area contributed by atoms with E-state index in [4.69, 9.17) is 0 Å². The van der Waals surface area contributed by atoms with Crippen LogP contribution >= 0.6 is 0 Å². The maximum absolute atomic E-state index is 12.5. The zero-order valence-corrected chi connectivity index (χ0v) is 13.5. The van der Waals surface area contributed by atoms with Gasteiger partial charge in [-0.25, -0.2) is 18.1 Å². The summed E-state index contributed by atoms with van der Waals surface area (Å²) in [6, 6.07) is 3.01. The molecular weight excluding hydrogens is 276 g/mol. The molecule has 0 saturated carbocycles. The van der Waals surface area contributed by atoms with Crippen molar-refractivity contribution in [3.05, 3.63) is 18.3 Å². The minimum Gasteiger partial charge on any atom is -0.372 e. The molecule has 114 valence electrons. The van der Waals surface area contributed by atoms with Gasteiger partial charge in [-0.05, 0) is 32.1 Å². The molecule has 0 saturated heterocycles. The molecule has 0 fully saturated rings. The molecule has 1 heterocycles. The third kappa shape index (κ3) is 4.43. The molecule has 1 rings (SSSR count). The molecule has 0 aliphatic heterocycles. The highest BCUT2D eigenvalue weighted by Gasteiger charge is 2.25. The Balaban J connectivity index is 3.03. The van der Waals surface area contributed by atoms with Gasteiger partial charge in [-0.3, -0.25) is 0 Å². The number of nitrogens with one attached hydrogen (secondary N) is 2. The lowest BCUT2D eigenvalue weighted by Crippen LogP contribution is -2.45. The Hall–Kier alpha value is -1.18. The van der Waals surface area contributed by atoms with Gasteiger partial charge in [-0.1, -0.05) is 13.8 Å². The normalized spacial score (nSPS) is 13.8. The smallest absolute Gasteiger partial charge is 0.244 e. The second-order valence-corrected chi connectivity index (χ2v) is 7.02. The van der Waals surface area contributed by atoms with Crippen LogP contribution in [0.1, 0.15) is 13.8 Å². The molecule has 20 heavy (non-hydrogen) atoms. The van der Waals surface area contributed by atoms with Gasteiger partial charge in [-0.15, -0.1) is 0 Å². The summed E-state index contributed by atoms with van der Waals surface area (Å²) in [4.78, 5) is 6.18. The van der Waals surface area contributed by atoms with Crippen LogP contribution in [-0.4, -0.2) is 52.0 Å². The summed E-state index contributed by atoms with van der Waals surface area (Å²) in [6.45, 7) is 4.64. The molecule has 1 atom stereocenters. The lowest BCUT2D eigenvalue weighted by molar-refractivity contribution is 0.314. The van der Waals surface area contributed by atoms with Crippen LogP contribution < -0.4 is 10.0 Å². The molecule has 0 amide bonds. The second-order valence-electron chi connectivity index (χ2n) is 5.33. The molecule has 1 aromatic rings. The molecule has 0 aliphatic rings. The van der Waals surface area contributed by atoms with Crippen LogP contribution in [0.25, 0.3) is 0 Å². The number of pyridine rings is 1. The first-order valence-electron chi connectivity index (χ1n) is 6.57. The Morgan fingerprint density at radius 2 is 2.00 bits per heavy atom. The number of anilines is 1. The Labute approximate surface area is 121 Å². The van der Waals surface area contributed by atoms with Crippen LogP contribution in [0.15, 0.2) is 23.2 Å². The van der Waals surface area contributed by atoms with E-state index in [9.17, 15) is 8.42 Å². The summed E-state index contributed by atoms with van der Waals surface area (Å²) in [5.74, 6) is 0.550. The van der Waals surface area contributed by atoms with Crippen molar-refractivity contribution in [2.24, 2.45) is 5.92 Å². The summed E-state index contributed by atoms with van der Waals surface area (Å²) in [7, 11) is 1.91. The molecule has 0 aromatic carbocycles. The number of likely N-dealkylation sites (N-methyl/N-ethyl adjacent to an activating group) is 1. The quantitative estimate of drug-likeness (QED) is 0.785. The number of hydrogen-bond donors (Lipinski definition) is 2. The average Bonchev–Trinajstić information content (AvgIpc) is 2.37. The summed E-state index contributed by atoms with van der Waals surface area (Å²) in [6.07, 6.45) is 1.56. The van der Waals surface area contributed by atoms with Crippen molar-refractivity contribution in [1.82, 2.24) is 14.6 Å². The van der Waals surface area contributed by atoms with Crippen molar-refractivity contribution in [2.45, 2.75) is 24.8 Å². The van der Waals surface area contributed by atoms with E-state index in [-0.39, 0.29) is 16.9 Å². The summed E-state index contributed by atoms with van der Waals surface area (Å²) in [5, 5.41) is 2.80. The topological polar surface area (TPSA) is 74.3 Å². The molecule has 1 unspecified atom stereocenters. The zero-order chi connectivity index (χ0) is 15.3. The molecule has 0 aliphatic carbocycles. The Morgan fingerprint density at radius 1 is 1.35 bits per heavy atom. The van der Waals surface area contributed by atoms with Crippen LogP contribution in [0.3, 0.4) is 0 Å². The third-order valence-electron chi connectivity index (χ3n) is 2.97. The minimum atomic E-state index is -3.59. The maximum Gasteiger partial charge on any atom is 0.244 e. The van der Waals surface area contributed by atoms with Gasteiger partial charge in [0.25, 0.3) is 0 Å². The van der Waals surface area contributed by atoms with Crippen molar-refractivity contribution in [2.75, 3.05) is 33.0 Å². The molecule has 0 bridgehead atoms.